The second-order valence-electron chi connectivity index (χ2n) is 3.88. The SMILES string of the molecule is COC(=O)c1cc(-c2cc(Cl)c(Cl)c(Cl)c2)c[nH]c1=O. The monoisotopic (exact) mass is 331 g/mol. The predicted octanol–water partition coefficient (Wildman–Crippen LogP) is 3.79. The molecule has 0 unspecified atom stereocenters. The molecule has 0 aliphatic rings. The van der Waals surface area contributed by atoms with Crippen molar-refractivity contribution in [2.45, 2.75) is 0 Å². The molecular weight excluding hydrogens is 325 g/mol. The summed E-state index contributed by atoms with van der Waals surface area (Å²) in [5.41, 5.74) is 0.537. The molecule has 104 valence electrons. The van der Waals surface area contributed by atoms with Gasteiger partial charge in [0.1, 0.15) is 5.56 Å². The van der Waals surface area contributed by atoms with Gasteiger partial charge in [-0.25, -0.2) is 4.79 Å². The number of halogens is 3. The first-order valence-corrected chi connectivity index (χ1v) is 6.53. The van der Waals surface area contributed by atoms with Crippen LogP contribution in [0, 0.1) is 0 Å². The normalized spacial score (nSPS) is 10.4. The third-order valence-electron chi connectivity index (χ3n) is 2.63. The molecule has 0 radical (unpaired) electrons. The van der Waals surface area contributed by atoms with E-state index in [2.05, 4.69) is 9.72 Å². The topological polar surface area (TPSA) is 59.2 Å². The van der Waals surface area contributed by atoms with Gasteiger partial charge < -0.3 is 9.72 Å². The minimum Gasteiger partial charge on any atom is -0.465 e. The van der Waals surface area contributed by atoms with Crippen LogP contribution in [0.4, 0.5) is 0 Å². The molecule has 0 saturated carbocycles. The first-order chi connectivity index (χ1) is 9.43. The fourth-order valence-corrected chi connectivity index (χ4v) is 2.23. The number of esters is 1. The number of rotatable bonds is 2. The van der Waals surface area contributed by atoms with Gasteiger partial charge in [0.25, 0.3) is 5.56 Å². The van der Waals surface area contributed by atoms with E-state index >= 15 is 0 Å². The van der Waals surface area contributed by atoms with Gasteiger partial charge in [-0.2, -0.15) is 0 Å². The summed E-state index contributed by atoms with van der Waals surface area (Å²) in [5, 5.41) is 0.801. The van der Waals surface area contributed by atoms with Crippen LogP contribution in [0.5, 0.6) is 0 Å². The molecule has 1 heterocycles. The highest BCUT2D eigenvalue weighted by atomic mass is 35.5. The van der Waals surface area contributed by atoms with E-state index in [0.717, 1.165) is 0 Å². The fourth-order valence-electron chi connectivity index (χ4n) is 1.63. The van der Waals surface area contributed by atoms with Gasteiger partial charge in [0.05, 0.1) is 22.2 Å². The third-order valence-corrected chi connectivity index (χ3v) is 3.82. The Hall–Kier alpha value is -1.49. The zero-order chi connectivity index (χ0) is 14.9. The molecule has 0 amide bonds. The van der Waals surface area contributed by atoms with E-state index in [0.29, 0.717) is 11.1 Å². The lowest BCUT2D eigenvalue weighted by atomic mass is 10.1. The molecule has 1 N–H and O–H groups in total. The number of methoxy groups -OCH3 is 1. The van der Waals surface area contributed by atoms with Crippen molar-refractivity contribution in [3.8, 4) is 11.1 Å². The largest absolute Gasteiger partial charge is 0.465 e. The van der Waals surface area contributed by atoms with Crippen molar-refractivity contribution in [2.75, 3.05) is 7.11 Å². The summed E-state index contributed by atoms with van der Waals surface area (Å²) in [6, 6.07) is 4.58. The Bertz CT molecular complexity index is 717. The van der Waals surface area contributed by atoms with Crippen LogP contribution in [0.3, 0.4) is 0 Å². The highest BCUT2D eigenvalue weighted by molar-refractivity contribution is 6.48. The number of carbonyl (C=O) groups excluding carboxylic acids is 1. The van der Waals surface area contributed by atoms with E-state index in [-0.39, 0.29) is 20.6 Å². The molecule has 0 fully saturated rings. The number of carbonyl (C=O) groups is 1. The van der Waals surface area contributed by atoms with E-state index in [9.17, 15) is 9.59 Å². The molecule has 0 spiro atoms. The van der Waals surface area contributed by atoms with Gasteiger partial charge in [-0.15, -0.1) is 0 Å². The highest BCUT2D eigenvalue weighted by Gasteiger charge is 2.14. The smallest absolute Gasteiger partial charge is 0.343 e. The lowest BCUT2D eigenvalue weighted by molar-refractivity contribution is 0.0598. The van der Waals surface area contributed by atoms with E-state index in [1.165, 1.54) is 19.4 Å². The molecule has 2 aromatic rings. The third kappa shape index (κ3) is 2.82. The number of aromatic amines is 1. The van der Waals surface area contributed by atoms with Crippen LogP contribution >= 0.6 is 34.8 Å². The number of aromatic nitrogens is 1. The van der Waals surface area contributed by atoms with Crippen LogP contribution in [0.15, 0.2) is 29.2 Å². The van der Waals surface area contributed by atoms with E-state index in [1.54, 1.807) is 12.1 Å². The maximum absolute atomic E-state index is 11.6. The van der Waals surface area contributed by atoms with E-state index < -0.39 is 11.5 Å². The van der Waals surface area contributed by atoms with E-state index in [4.69, 9.17) is 34.8 Å². The second-order valence-corrected chi connectivity index (χ2v) is 5.07. The number of H-pyrrole nitrogens is 1. The van der Waals surface area contributed by atoms with Gasteiger partial charge in [-0.3, -0.25) is 4.79 Å². The maximum atomic E-state index is 11.6. The highest BCUT2D eigenvalue weighted by Crippen LogP contribution is 2.34. The Morgan fingerprint density at radius 1 is 1.10 bits per heavy atom. The fraction of sp³-hybridized carbons (Fsp3) is 0.0769. The number of benzene rings is 1. The Balaban J connectivity index is 2.59. The van der Waals surface area contributed by atoms with Crippen molar-refractivity contribution in [1.82, 2.24) is 4.98 Å². The molecule has 0 aliphatic heterocycles. The van der Waals surface area contributed by atoms with Crippen molar-refractivity contribution >= 4 is 40.8 Å². The lowest BCUT2D eigenvalue weighted by Crippen LogP contribution is -2.18. The summed E-state index contributed by atoms with van der Waals surface area (Å²) in [4.78, 5) is 25.5. The molecular formula is C13H8Cl3NO3. The number of hydrogen-bond acceptors (Lipinski definition) is 3. The molecule has 7 heteroatoms. The molecule has 4 nitrogen and oxygen atoms in total. The van der Waals surface area contributed by atoms with Crippen LogP contribution < -0.4 is 5.56 Å². The summed E-state index contributed by atoms with van der Waals surface area (Å²) in [7, 11) is 1.20. The van der Waals surface area contributed by atoms with Crippen molar-refractivity contribution in [3.05, 3.63) is 55.4 Å². The van der Waals surface area contributed by atoms with Gasteiger partial charge in [-0.1, -0.05) is 34.8 Å². The zero-order valence-electron chi connectivity index (χ0n) is 10.2. The van der Waals surface area contributed by atoms with Gasteiger partial charge in [-0.05, 0) is 29.3 Å². The van der Waals surface area contributed by atoms with Gasteiger partial charge in [0, 0.05) is 6.20 Å². The number of hydrogen-bond donors (Lipinski definition) is 1. The number of ether oxygens (including phenoxy) is 1. The Labute approximate surface area is 129 Å². The van der Waals surface area contributed by atoms with Crippen molar-refractivity contribution < 1.29 is 9.53 Å². The van der Waals surface area contributed by atoms with Crippen LogP contribution in [0.1, 0.15) is 10.4 Å². The summed E-state index contributed by atoms with van der Waals surface area (Å²) >= 11 is 17.8. The quantitative estimate of drug-likeness (QED) is 0.672. The molecule has 0 aliphatic carbocycles. The van der Waals surface area contributed by atoms with Crippen LogP contribution in [0.2, 0.25) is 15.1 Å². The Kier molecular flexibility index (Phi) is 4.38. The standard InChI is InChI=1S/C13H8Cl3NO3/c1-20-13(19)8-2-7(5-17-12(8)18)6-3-9(14)11(16)10(15)4-6/h2-5H,1H3,(H,17,18). The molecule has 0 saturated heterocycles. The molecule has 0 bridgehead atoms. The predicted molar refractivity (Wildman–Crippen MR) is 78.9 cm³/mol. The number of nitrogens with one attached hydrogen (secondary N) is 1. The summed E-state index contributed by atoms with van der Waals surface area (Å²) < 4.78 is 4.54. The minimum absolute atomic E-state index is 0.104. The van der Waals surface area contributed by atoms with Crippen LogP contribution in [0.25, 0.3) is 11.1 Å². The summed E-state index contributed by atoms with van der Waals surface area (Å²) in [6.07, 6.45) is 1.45. The second kappa shape index (κ2) is 5.87. The van der Waals surface area contributed by atoms with Crippen molar-refractivity contribution in [2.24, 2.45) is 0 Å². The molecule has 2 rings (SSSR count). The summed E-state index contributed by atoms with van der Waals surface area (Å²) in [6.45, 7) is 0. The average Bonchev–Trinajstić information content (AvgIpc) is 2.44. The summed E-state index contributed by atoms with van der Waals surface area (Å²) in [5.74, 6) is -0.723. The van der Waals surface area contributed by atoms with Crippen LogP contribution in [-0.4, -0.2) is 18.1 Å². The first kappa shape index (κ1) is 14.9. The van der Waals surface area contributed by atoms with Crippen LogP contribution in [-0.2, 0) is 4.74 Å². The zero-order valence-corrected chi connectivity index (χ0v) is 12.4. The molecule has 1 aromatic heterocycles. The first-order valence-electron chi connectivity index (χ1n) is 5.40. The van der Waals surface area contributed by atoms with E-state index in [1.807, 2.05) is 0 Å². The molecule has 0 atom stereocenters. The van der Waals surface area contributed by atoms with Crippen molar-refractivity contribution in [1.29, 1.82) is 0 Å². The molecule has 1 aromatic carbocycles. The molecule has 20 heavy (non-hydrogen) atoms. The Morgan fingerprint density at radius 2 is 1.70 bits per heavy atom. The number of pyridine rings is 1. The maximum Gasteiger partial charge on any atom is 0.343 e. The van der Waals surface area contributed by atoms with Gasteiger partial charge in [0.2, 0.25) is 0 Å². The minimum atomic E-state index is -0.723. The van der Waals surface area contributed by atoms with Gasteiger partial charge >= 0.3 is 5.97 Å². The van der Waals surface area contributed by atoms with Crippen molar-refractivity contribution in [3.63, 3.8) is 0 Å². The Morgan fingerprint density at radius 3 is 2.25 bits per heavy atom. The van der Waals surface area contributed by atoms with Gasteiger partial charge in [0.15, 0.2) is 0 Å². The average molecular weight is 333 g/mol. The lowest BCUT2D eigenvalue weighted by Gasteiger charge is -2.07.